The summed E-state index contributed by atoms with van der Waals surface area (Å²) in [6.07, 6.45) is 0. The molecule has 0 saturated heterocycles. The van der Waals surface area contributed by atoms with Gasteiger partial charge in [-0.2, -0.15) is 0 Å². The summed E-state index contributed by atoms with van der Waals surface area (Å²) in [4.78, 5) is 2.53. The van der Waals surface area contributed by atoms with Crippen molar-refractivity contribution in [3.05, 3.63) is 163 Å². The van der Waals surface area contributed by atoms with Crippen molar-refractivity contribution < 1.29 is 8.83 Å². The summed E-state index contributed by atoms with van der Waals surface area (Å²) in [6, 6.07) is 56.3. The Morgan fingerprint density at radius 2 is 1.10 bits per heavy atom. The Hall–Kier alpha value is -6.98. The van der Waals surface area contributed by atoms with Gasteiger partial charge in [-0.3, -0.25) is 0 Å². The van der Waals surface area contributed by atoms with Crippen molar-refractivity contribution in [2.75, 3.05) is 4.90 Å². The van der Waals surface area contributed by atoms with Crippen molar-refractivity contribution in [3.8, 4) is 22.3 Å². The van der Waals surface area contributed by atoms with Crippen LogP contribution in [0.3, 0.4) is 0 Å². The fraction of sp³-hybridized carbons (Fsp3) is 0.143. The molecule has 0 fully saturated rings. The van der Waals surface area contributed by atoms with Gasteiger partial charge in [-0.1, -0.05) is 114 Å². The van der Waals surface area contributed by atoms with Crippen LogP contribution in [-0.4, -0.2) is 11.3 Å². The molecule has 5 heteroatoms. The number of para-hydroxylation sites is 2. The Kier molecular flexibility index (Phi) is 6.77. The third-order valence-electron chi connectivity index (χ3n) is 13.6. The standard InChI is InChI=1S/C56H43BN2O2/c1-55(2,3)34-20-22-46-39(26-34)43-27-35(56(4,5)6)28-44-42-24-33(32-14-8-7-9-15-32)25-48-53(42)57(59(46)54(43)44)45-31-52-41(38-17-11-13-19-50(38)61-52)30-47(45)58(48)36-21-23-51-40(29-36)37-16-10-12-18-49(37)60-51/h7-31H,1-6H3. The predicted octanol–water partition coefficient (Wildman–Crippen LogP) is 14.3. The zero-order valence-electron chi connectivity index (χ0n) is 35.2. The summed E-state index contributed by atoms with van der Waals surface area (Å²) >= 11 is 0. The van der Waals surface area contributed by atoms with E-state index in [9.17, 15) is 0 Å². The molecule has 11 aromatic rings. The Morgan fingerprint density at radius 3 is 1.84 bits per heavy atom. The number of nitrogens with zero attached hydrogens (tertiary/aromatic N) is 2. The van der Waals surface area contributed by atoms with Gasteiger partial charge in [0.25, 0.3) is 0 Å². The second kappa shape index (κ2) is 11.9. The van der Waals surface area contributed by atoms with Crippen LogP contribution in [0, 0.1) is 0 Å². The first-order chi connectivity index (χ1) is 29.5. The van der Waals surface area contributed by atoms with E-state index in [0.29, 0.717) is 0 Å². The summed E-state index contributed by atoms with van der Waals surface area (Å²) in [7, 11) is 0. The minimum atomic E-state index is -0.120. The van der Waals surface area contributed by atoms with E-state index in [2.05, 4.69) is 197 Å². The molecular formula is C56H43BN2O2. The van der Waals surface area contributed by atoms with Crippen LogP contribution in [-0.2, 0) is 10.8 Å². The van der Waals surface area contributed by atoms with Gasteiger partial charge in [0.2, 0.25) is 0 Å². The average molecular weight is 787 g/mol. The van der Waals surface area contributed by atoms with Crippen molar-refractivity contribution in [1.82, 2.24) is 4.48 Å². The SMILES string of the molecule is CC(C)(C)c1ccc2c(c1)c1cc(C(C)(C)C)cc3c1n2B1c2cc4oc5ccccc5c4cc2N(c2ccc4oc5ccccc5c4c2)c2cc(-c4ccccc4)cc-3c21. The molecule has 0 N–H and O–H groups in total. The Bertz CT molecular complexity index is 3680. The van der Waals surface area contributed by atoms with Crippen LogP contribution in [0.15, 0.2) is 160 Å². The van der Waals surface area contributed by atoms with Crippen LogP contribution < -0.4 is 15.8 Å². The minimum absolute atomic E-state index is 0.000229. The lowest BCUT2D eigenvalue weighted by molar-refractivity contribution is 0.590. The molecule has 0 unspecified atom stereocenters. The topological polar surface area (TPSA) is 34.5 Å². The molecule has 4 nitrogen and oxygen atoms in total. The van der Waals surface area contributed by atoms with Crippen LogP contribution in [0.5, 0.6) is 0 Å². The highest BCUT2D eigenvalue weighted by atomic mass is 16.3. The highest BCUT2D eigenvalue weighted by Crippen LogP contribution is 2.50. The number of hydrogen-bond donors (Lipinski definition) is 0. The molecule has 0 bridgehead atoms. The minimum Gasteiger partial charge on any atom is -0.456 e. The van der Waals surface area contributed by atoms with E-state index in [-0.39, 0.29) is 17.7 Å². The van der Waals surface area contributed by atoms with Crippen molar-refractivity contribution in [2.45, 2.75) is 52.4 Å². The van der Waals surface area contributed by atoms with Crippen LogP contribution in [0.4, 0.5) is 17.1 Å². The molecule has 2 aliphatic rings. The van der Waals surface area contributed by atoms with Crippen molar-refractivity contribution in [3.63, 3.8) is 0 Å². The number of furan rings is 2. The van der Waals surface area contributed by atoms with E-state index in [1.165, 1.54) is 71.8 Å². The summed E-state index contributed by atoms with van der Waals surface area (Å²) in [5, 5.41) is 7.07. The number of rotatable bonds is 2. The monoisotopic (exact) mass is 786 g/mol. The lowest BCUT2D eigenvalue weighted by atomic mass is 9.45. The predicted molar refractivity (Wildman–Crippen MR) is 257 cm³/mol. The van der Waals surface area contributed by atoms with Crippen molar-refractivity contribution >= 4 is 101 Å². The Balaban J connectivity index is 1.22. The summed E-state index contributed by atoms with van der Waals surface area (Å²) in [6.45, 7) is 13.9. The largest absolute Gasteiger partial charge is 0.456 e. The number of anilines is 3. The number of benzene rings is 8. The smallest absolute Gasteiger partial charge is 0.333 e. The molecular weight excluding hydrogens is 743 g/mol. The normalized spacial score (nSPS) is 13.7. The molecule has 2 aliphatic heterocycles. The van der Waals surface area contributed by atoms with E-state index >= 15 is 0 Å². The van der Waals surface area contributed by atoms with E-state index in [1.807, 2.05) is 6.07 Å². The van der Waals surface area contributed by atoms with Gasteiger partial charge in [-0.25, -0.2) is 0 Å². The van der Waals surface area contributed by atoms with Crippen molar-refractivity contribution in [2.24, 2.45) is 0 Å². The van der Waals surface area contributed by atoms with Gasteiger partial charge in [-0.05, 0) is 128 Å². The zero-order valence-corrected chi connectivity index (χ0v) is 35.2. The number of hydrogen-bond acceptors (Lipinski definition) is 3. The molecule has 0 radical (unpaired) electrons. The highest BCUT2D eigenvalue weighted by Gasteiger charge is 2.44. The lowest BCUT2D eigenvalue weighted by Gasteiger charge is -2.41. The number of aromatic nitrogens is 1. The van der Waals surface area contributed by atoms with E-state index < -0.39 is 0 Å². The van der Waals surface area contributed by atoms with Gasteiger partial charge in [-0.15, -0.1) is 0 Å². The van der Waals surface area contributed by atoms with E-state index in [0.717, 1.165) is 55.3 Å². The molecule has 0 aliphatic carbocycles. The molecule has 0 spiro atoms. The Labute approximate surface area is 354 Å². The third-order valence-corrected chi connectivity index (χ3v) is 13.6. The van der Waals surface area contributed by atoms with E-state index in [4.69, 9.17) is 8.83 Å². The first kappa shape index (κ1) is 34.8. The van der Waals surface area contributed by atoms with Crippen LogP contribution in [0.1, 0.15) is 52.7 Å². The molecule has 13 rings (SSSR count). The average Bonchev–Trinajstić information content (AvgIpc) is 3.93. The fourth-order valence-electron chi connectivity index (χ4n) is 10.6. The second-order valence-electron chi connectivity index (χ2n) is 19.4. The van der Waals surface area contributed by atoms with Gasteiger partial charge < -0.3 is 18.2 Å². The van der Waals surface area contributed by atoms with Gasteiger partial charge in [0.1, 0.15) is 22.3 Å². The summed E-state index contributed by atoms with van der Waals surface area (Å²) in [5.41, 5.74) is 19.6. The second-order valence-corrected chi connectivity index (χ2v) is 19.4. The maximum atomic E-state index is 6.74. The first-order valence-electron chi connectivity index (χ1n) is 21.5. The number of fused-ring (bicyclic) bond motifs is 13. The van der Waals surface area contributed by atoms with Gasteiger partial charge in [0, 0.05) is 66.0 Å². The Morgan fingerprint density at radius 1 is 0.443 bits per heavy atom. The lowest BCUT2D eigenvalue weighted by Crippen LogP contribution is -2.56. The molecule has 61 heavy (non-hydrogen) atoms. The summed E-state index contributed by atoms with van der Waals surface area (Å²) < 4.78 is 15.8. The van der Waals surface area contributed by atoms with Crippen LogP contribution in [0.25, 0.3) is 87.9 Å². The molecule has 0 saturated carbocycles. The van der Waals surface area contributed by atoms with Gasteiger partial charge in [0.15, 0.2) is 0 Å². The maximum absolute atomic E-state index is 6.74. The maximum Gasteiger partial charge on any atom is 0.333 e. The molecule has 5 heterocycles. The van der Waals surface area contributed by atoms with Gasteiger partial charge in [0.05, 0.1) is 0 Å². The van der Waals surface area contributed by atoms with Crippen LogP contribution >= 0.6 is 0 Å². The third kappa shape index (κ3) is 4.83. The zero-order chi connectivity index (χ0) is 41.1. The molecule has 8 aromatic carbocycles. The fourth-order valence-corrected chi connectivity index (χ4v) is 10.6. The first-order valence-corrected chi connectivity index (χ1v) is 21.5. The molecule has 3 aromatic heterocycles. The highest BCUT2D eigenvalue weighted by molar-refractivity contribution is 6.90. The van der Waals surface area contributed by atoms with Gasteiger partial charge >= 0.3 is 6.85 Å². The van der Waals surface area contributed by atoms with Crippen LogP contribution in [0.2, 0.25) is 0 Å². The molecule has 0 amide bonds. The van der Waals surface area contributed by atoms with Crippen molar-refractivity contribution in [1.29, 1.82) is 0 Å². The molecule has 0 atom stereocenters. The molecule has 292 valence electrons. The quantitative estimate of drug-likeness (QED) is 0.164. The summed E-state index contributed by atoms with van der Waals surface area (Å²) in [5.74, 6) is 0. The van der Waals surface area contributed by atoms with E-state index in [1.54, 1.807) is 0 Å².